The molecule has 0 amide bonds. The fourth-order valence-corrected chi connectivity index (χ4v) is 4.94. The highest BCUT2D eigenvalue weighted by molar-refractivity contribution is 7.17. The van der Waals surface area contributed by atoms with Crippen LogP contribution in [0.15, 0.2) is 29.6 Å². The number of benzene rings is 1. The van der Waals surface area contributed by atoms with Gasteiger partial charge in [-0.3, -0.25) is 0 Å². The lowest BCUT2D eigenvalue weighted by Crippen LogP contribution is -2.52. The van der Waals surface area contributed by atoms with E-state index in [0.717, 1.165) is 28.5 Å². The number of carbonyl (C=O) groups excluding carboxylic acids is 1. The van der Waals surface area contributed by atoms with Crippen LogP contribution in [0.4, 0.5) is 0 Å². The Morgan fingerprint density at radius 3 is 2.73 bits per heavy atom. The Bertz CT molecular complexity index is 681. The highest BCUT2D eigenvalue weighted by Crippen LogP contribution is 2.35. The van der Waals surface area contributed by atoms with Crippen molar-refractivity contribution in [3.63, 3.8) is 0 Å². The van der Waals surface area contributed by atoms with E-state index in [9.17, 15) is 4.79 Å². The molecule has 0 spiro atoms. The number of esters is 1. The molecule has 3 heterocycles. The molecule has 3 nitrogen and oxygen atoms in total. The molecule has 22 heavy (non-hydrogen) atoms. The second-order valence-corrected chi connectivity index (χ2v) is 7.46. The third kappa shape index (κ3) is 2.44. The maximum absolute atomic E-state index is 12.6. The molecule has 1 aromatic carbocycles. The van der Waals surface area contributed by atoms with Crippen LogP contribution in [0.1, 0.15) is 42.5 Å². The number of piperidine rings is 2. The van der Waals surface area contributed by atoms with E-state index in [4.69, 9.17) is 4.74 Å². The van der Waals surface area contributed by atoms with Crippen molar-refractivity contribution in [3.8, 4) is 0 Å². The van der Waals surface area contributed by atoms with Crippen LogP contribution >= 0.6 is 11.3 Å². The first-order chi connectivity index (χ1) is 10.7. The molecular formula is C18H21NO2S. The normalized spacial score (nSPS) is 28.7. The average molecular weight is 315 g/mol. The predicted molar refractivity (Wildman–Crippen MR) is 89.5 cm³/mol. The molecule has 1 aromatic heterocycles. The van der Waals surface area contributed by atoms with E-state index in [2.05, 4.69) is 18.0 Å². The lowest BCUT2D eigenvalue weighted by atomic mass is 9.83. The second kappa shape index (κ2) is 5.67. The number of ether oxygens (including phenoxy) is 1. The summed E-state index contributed by atoms with van der Waals surface area (Å²) in [4.78, 5) is 15.1. The summed E-state index contributed by atoms with van der Waals surface area (Å²) in [5, 5.41) is 2.95. The van der Waals surface area contributed by atoms with Crippen LogP contribution in [0.25, 0.3) is 10.1 Å². The first kappa shape index (κ1) is 14.2. The van der Waals surface area contributed by atoms with Crippen molar-refractivity contribution in [2.45, 2.75) is 50.3 Å². The van der Waals surface area contributed by atoms with Gasteiger partial charge < -0.3 is 9.64 Å². The van der Waals surface area contributed by atoms with E-state index in [-0.39, 0.29) is 12.1 Å². The molecule has 2 aliphatic heterocycles. The van der Waals surface area contributed by atoms with E-state index in [0.29, 0.717) is 12.1 Å². The van der Waals surface area contributed by atoms with Crippen LogP contribution in [0.2, 0.25) is 0 Å². The molecule has 4 heteroatoms. The van der Waals surface area contributed by atoms with Crippen molar-refractivity contribution < 1.29 is 9.53 Å². The van der Waals surface area contributed by atoms with Crippen LogP contribution < -0.4 is 0 Å². The Kier molecular flexibility index (Phi) is 3.66. The zero-order valence-corrected chi connectivity index (χ0v) is 13.6. The predicted octanol–water partition coefficient (Wildman–Crippen LogP) is 4.07. The van der Waals surface area contributed by atoms with Gasteiger partial charge in [-0.15, -0.1) is 11.3 Å². The molecule has 2 unspecified atom stereocenters. The largest absolute Gasteiger partial charge is 0.459 e. The summed E-state index contributed by atoms with van der Waals surface area (Å²) in [6, 6.07) is 9.22. The summed E-state index contributed by atoms with van der Waals surface area (Å²) in [7, 11) is 2.22. The van der Waals surface area contributed by atoms with Crippen molar-refractivity contribution in [2.75, 3.05) is 7.05 Å². The smallest absolute Gasteiger partial charge is 0.339 e. The Hall–Kier alpha value is -1.39. The number of rotatable bonds is 2. The molecule has 2 fully saturated rings. The van der Waals surface area contributed by atoms with Crippen LogP contribution in [-0.4, -0.2) is 36.1 Å². The maximum atomic E-state index is 12.6. The number of hydrogen-bond donors (Lipinski definition) is 0. The third-order valence-corrected chi connectivity index (χ3v) is 6.23. The average Bonchev–Trinajstić information content (AvgIpc) is 2.92. The number of thiophene rings is 1. The first-order valence-electron chi connectivity index (χ1n) is 8.11. The standard InChI is InChI=1S/C18H21NO2S/c1-19-12-5-4-6-13(19)10-14(9-12)21-18(20)16-11-22-17-8-3-2-7-15(16)17/h2-3,7-8,11-14H,4-6,9-10H2,1H3. The van der Waals surface area contributed by atoms with Gasteiger partial charge in [-0.2, -0.15) is 0 Å². The highest BCUT2D eigenvalue weighted by Gasteiger charge is 2.37. The summed E-state index contributed by atoms with van der Waals surface area (Å²) in [5.74, 6) is -0.148. The molecule has 2 aromatic rings. The minimum absolute atomic E-state index is 0.0812. The van der Waals surface area contributed by atoms with Gasteiger partial charge in [0, 0.05) is 40.4 Å². The summed E-state index contributed by atoms with van der Waals surface area (Å²) >= 11 is 1.61. The molecule has 0 radical (unpaired) electrons. The Morgan fingerprint density at radius 1 is 1.23 bits per heavy atom. The summed E-state index contributed by atoms with van der Waals surface area (Å²) in [6.45, 7) is 0. The van der Waals surface area contributed by atoms with Crippen LogP contribution in [0.5, 0.6) is 0 Å². The maximum Gasteiger partial charge on any atom is 0.339 e. The third-order valence-electron chi connectivity index (χ3n) is 5.27. The first-order valence-corrected chi connectivity index (χ1v) is 8.99. The van der Waals surface area contributed by atoms with E-state index in [1.807, 2.05) is 23.6 Å². The van der Waals surface area contributed by atoms with Gasteiger partial charge >= 0.3 is 5.97 Å². The topological polar surface area (TPSA) is 29.5 Å². The minimum Gasteiger partial charge on any atom is -0.459 e. The molecule has 2 bridgehead atoms. The molecule has 0 saturated carbocycles. The molecule has 116 valence electrons. The van der Waals surface area contributed by atoms with Crippen LogP contribution in [0.3, 0.4) is 0 Å². The molecular weight excluding hydrogens is 294 g/mol. The van der Waals surface area contributed by atoms with E-state index in [1.165, 1.54) is 19.3 Å². The van der Waals surface area contributed by atoms with E-state index >= 15 is 0 Å². The Balaban J connectivity index is 1.50. The van der Waals surface area contributed by atoms with Crippen molar-refractivity contribution >= 4 is 27.4 Å². The Morgan fingerprint density at radius 2 is 1.95 bits per heavy atom. The quantitative estimate of drug-likeness (QED) is 0.782. The van der Waals surface area contributed by atoms with Gasteiger partial charge in [0.05, 0.1) is 5.56 Å². The van der Waals surface area contributed by atoms with Crippen LogP contribution in [0, 0.1) is 0 Å². The van der Waals surface area contributed by atoms with Crippen LogP contribution in [-0.2, 0) is 4.74 Å². The van der Waals surface area contributed by atoms with Gasteiger partial charge in [-0.1, -0.05) is 24.6 Å². The Labute approximate surface area is 134 Å². The number of nitrogens with zero attached hydrogens (tertiary/aromatic N) is 1. The van der Waals surface area contributed by atoms with Crippen molar-refractivity contribution in [2.24, 2.45) is 0 Å². The summed E-state index contributed by atoms with van der Waals surface area (Å²) < 4.78 is 7.02. The number of hydrogen-bond acceptors (Lipinski definition) is 4. The van der Waals surface area contributed by atoms with E-state index in [1.54, 1.807) is 11.3 Å². The van der Waals surface area contributed by atoms with Gasteiger partial charge in [0.2, 0.25) is 0 Å². The molecule has 4 rings (SSSR count). The number of fused-ring (bicyclic) bond motifs is 3. The summed E-state index contributed by atoms with van der Waals surface area (Å²) in [5.41, 5.74) is 0.727. The highest BCUT2D eigenvalue weighted by atomic mass is 32.1. The fraction of sp³-hybridized carbons (Fsp3) is 0.500. The van der Waals surface area contributed by atoms with Crippen molar-refractivity contribution in [3.05, 3.63) is 35.2 Å². The van der Waals surface area contributed by atoms with Gasteiger partial charge in [-0.25, -0.2) is 4.79 Å². The van der Waals surface area contributed by atoms with Crippen molar-refractivity contribution in [1.82, 2.24) is 4.90 Å². The van der Waals surface area contributed by atoms with E-state index < -0.39 is 0 Å². The zero-order chi connectivity index (χ0) is 15.1. The minimum atomic E-state index is -0.148. The lowest BCUT2D eigenvalue weighted by molar-refractivity contribution is -0.0317. The molecule has 2 aliphatic rings. The fourth-order valence-electron chi connectivity index (χ4n) is 4.01. The molecule has 2 atom stereocenters. The lowest BCUT2D eigenvalue weighted by Gasteiger charge is -2.46. The zero-order valence-electron chi connectivity index (χ0n) is 12.8. The summed E-state index contributed by atoms with van der Waals surface area (Å²) in [6.07, 6.45) is 5.85. The monoisotopic (exact) mass is 315 g/mol. The molecule has 2 saturated heterocycles. The molecule has 0 aliphatic carbocycles. The SMILES string of the molecule is CN1C2CCCC1CC(OC(=O)c1csc3ccccc13)C2. The van der Waals surface area contributed by atoms with Gasteiger partial charge in [0.15, 0.2) is 0 Å². The van der Waals surface area contributed by atoms with Gasteiger partial charge in [0.25, 0.3) is 0 Å². The molecule has 0 N–H and O–H groups in total. The second-order valence-electron chi connectivity index (χ2n) is 6.55. The van der Waals surface area contributed by atoms with Gasteiger partial charge in [0.1, 0.15) is 6.10 Å². The van der Waals surface area contributed by atoms with Crippen molar-refractivity contribution in [1.29, 1.82) is 0 Å². The van der Waals surface area contributed by atoms with Gasteiger partial charge in [-0.05, 0) is 26.0 Å². The number of carbonyl (C=O) groups is 1.